The molecule has 0 saturated carbocycles. The first kappa shape index (κ1) is 14.5. The van der Waals surface area contributed by atoms with Gasteiger partial charge in [-0.25, -0.2) is 8.42 Å². The molecule has 19 heavy (non-hydrogen) atoms. The summed E-state index contributed by atoms with van der Waals surface area (Å²) in [6.07, 6.45) is 0.888. The van der Waals surface area contributed by atoms with Crippen LogP contribution in [0.25, 0.3) is 0 Å². The van der Waals surface area contributed by atoms with E-state index in [1.807, 2.05) is 32.9 Å². The van der Waals surface area contributed by atoms with Gasteiger partial charge < -0.3 is 5.73 Å². The molecule has 1 heterocycles. The summed E-state index contributed by atoms with van der Waals surface area (Å²) in [5.41, 5.74) is 7.70. The summed E-state index contributed by atoms with van der Waals surface area (Å²) in [5.74, 6) is 0.309. The molecule has 1 fully saturated rings. The van der Waals surface area contributed by atoms with Gasteiger partial charge in [-0.1, -0.05) is 19.1 Å². The summed E-state index contributed by atoms with van der Waals surface area (Å²) < 4.78 is 27.0. The Labute approximate surface area is 115 Å². The van der Waals surface area contributed by atoms with Gasteiger partial charge in [-0.15, -0.1) is 0 Å². The van der Waals surface area contributed by atoms with E-state index in [0.29, 0.717) is 23.9 Å². The van der Waals surface area contributed by atoms with Gasteiger partial charge in [0.1, 0.15) is 0 Å². The Hall–Kier alpha value is -0.910. The lowest BCUT2D eigenvalue weighted by atomic mass is 9.99. The number of nitrogens with zero attached hydrogens (tertiary/aromatic N) is 1. The van der Waals surface area contributed by atoms with Crippen molar-refractivity contribution in [2.24, 2.45) is 11.7 Å². The van der Waals surface area contributed by atoms with Crippen LogP contribution in [0, 0.1) is 19.8 Å². The third-order valence-electron chi connectivity index (χ3n) is 3.62. The van der Waals surface area contributed by atoms with Crippen molar-refractivity contribution in [3.8, 4) is 0 Å². The predicted octanol–water partition coefficient (Wildman–Crippen LogP) is 1.66. The van der Waals surface area contributed by atoms with Gasteiger partial charge in [0.2, 0.25) is 10.0 Å². The molecular weight excluding hydrogens is 260 g/mol. The van der Waals surface area contributed by atoms with Crippen LogP contribution in [0.3, 0.4) is 0 Å². The van der Waals surface area contributed by atoms with Crippen LogP contribution in [-0.2, 0) is 10.0 Å². The van der Waals surface area contributed by atoms with Crippen molar-refractivity contribution in [3.05, 3.63) is 29.3 Å². The van der Waals surface area contributed by atoms with Crippen LogP contribution in [0.2, 0.25) is 0 Å². The SMILES string of the molecule is Cc1ccc(C)c(S(=O)(=O)N2CC(C)CC(N)C2)c1. The monoisotopic (exact) mass is 282 g/mol. The molecule has 2 atom stereocenters. The van der Waals surface area contributed by atoms with Gasteiger partial charge in [0.05, 0.1) is 4.90 Å². The van der Waals surface area contributed by atoms with Crippen LogP contribution < -0.4 is 5.73 Å². The molecule has 106 valence electrons. The summed E-state index contributed by atoms with van der Waals surface area (Å²) in [4.78, 5) is 0.411. The zero-order valence-corrected chi connectivity index (χ0v) is 12.6. The van der Waals surface area contributed by atoms with E-state index in [9.17, 15) is 8.42 Å². The lowest BCUT2D eigenvalue weighted by Crippen LogP contribution is -2.48. The fourth-order valence-corrected chi connectivity index (χ4v) is 4.60. The molecular formula is C14H22N2O2S. The predicted molar refractivity (Wildman–Crippen MR) is 76.4 cm³/mol. The number of rotatable bonds is 2. The molecule has 2 rings (SSSR count). The van der Waals surface area contributed by atoms with Crippen molar-refractivity contribution in [1.82, 2.24) is 4.31 Å². The number of piperidine rings is 1. The molecule has 4 nitrogen and oxygen atoms in total. The first-order valence-corrected chi connectivity index (χ1v) is 8.07. The fraction of sp³-hybridized carbons (Fsp3) is 0.571. The van der Waals surface area contributed by atoms with Gasteiger partial charge in [-0.2, -0.15) is 4.31 Å². The minimum atomic E-state index is -3.43. The Morgan fingerprint density at radius 2 is 1.95 bits per heavy atom. The number of aryl methyl sites for hydroxylation is 2. The second kappa shape index (κ2) is 5.23. The lowest BCUT2D eigenvalue weighted by molar-refractivity contribution is 0.254. The number of nitrogens with two attached hydrogens (primary N) is 1. The quantitative estimate of drug-likeness (QED) is 0.897. The van der Waals surface area contributed by atoms with Crippen LogP contribution >= 0.6 is 0 Å². The number of hydrogen-bond acceptors (Lipinski definition) is 3. The van der Waals surface area contributed by atoms with Gasteiger partial charge in [0.15, 0.2) is 0 Å². The van der Waals surface area contributed by atoms with Crippen molar-refractivity contribution in [2.75, 3.05) is 13.1 Å². The van der Waals surface area contributed by atoms with Crippen LogP contribution in [0.15, 0.2) is 23.1 Å². The highest BCUT2D eigenvalue weighted by molar-refractivity contribution is 7.89. The molecule has 1 aliphatic rings. The third-order valence-corrected chi connectivity index (χ3v) is 5.59. The highest BCUT2D eigenvalue weighted by Gasteiger charge is 2.32. The van der Waals surface area contributed by atoms with E-state index in [0.717, 1.165) is 17.5 Å². The standard InChI is InChI=1S/C14H22N2O2S/c1-10-4-5-12(3)14(7-10)19(17,18)16-8-11(2)6-13(15)9-16/h4-5,7,11,13H,6,8-9,15H2,1-3H3. The lowest BCUT2D eigenvalue weighted by Gasteiger charge is -2.34. The molecule has 0 aliphatic carbocycles. The summed E-state index contributed by atoms with van der Waals surface area (Å²) >= 11 is 0. The van der Waals surface area contributed by atoms with Crippen LogP contribution in [0.1, 0.15) is 24.5 Å². The van der Waals surface area contributed by atoms with Gasteiger partial charge in [0.25, 0.3) is 0 Å². The van der Waals surface area contributed by atoms with Crippen molar-refractivity contribution < 1.29 is 8.42 Å². The van der Waals surface area contributed by atoms with E-state index in [1.165, 1.54) is 4.31 Å². The molecule has 0 amide bonds. The molecule has 2 N–H and O–H groups in total. The molecule has 1 saturated heterocycles. The van der Waals surface area contributed by atoms with Gasteiger partial charge in [0, 0.05) is 19.1 Å². The van der Waals surface area contributed by atoms with Crippen LogP contribution in [-0.4, -0.2) is 31.9 Å². The van der Waals surface area contributed by atoms with Gasteiger partial charge >= 0.3 is 0 Å². The molecule has 5 heteroatoms. The zero-order valence-electron chi connectivity index (χ0n) is 11.8. The van der Waals surface area contributed by atoms with E-state index in [1.54, 1.807) is 6.07 Å². The smallest absolute Gasteiger partial charge is 0.243 e. The largest absolute Gasteiger partial charge is 0.326 e. The van der Waals surface area contributed by atoms with E-state index in [2.05, 4.69) is 0 Å². The van der Waals surface area contributed by atoms with E-state index < -0.39 is 10.0 Å². The minimum Gasteiger partial charge on any atom is -0.326 e. The number of hydrogen-bond donors (Lipinski definition) is 1. The van der Waals surface area contributed by atoms with E-state index >= 15 is 0 Å². The Morgan fingerprint density at radius 3 is 2.58 bits per heavy atom. The average Bonchev–Trinajstić information content (AvgIpc) is 2.31. The highest BCUT2D eigenvalue weighted by atomic mass is 32.2. The van der Waals surface area contributed by atoms with Crippen LogP contribution in [0.4, 0.5) is 0 Å². The molecule has 1 aliphatic heterocycles. The third kappa shape index (κ3) is 2.99. The number of sulfonamides is 1. The molecule has 0 bridgehead atoms. The molecule has 2 unspecified atom stereocenters. The first-order chi connectivity index (χ1) is 8.80. The van der Waals surface area contributed by atoms with Gasteiger partial charge in [-0.05, 0) is 43.4 Å². The van der Waals surface area contributed by atoms with E-state index in [-0.39, 0.29) is 6.04 Å². The maximum absolute atomic E-state index is 12.7. The molecule has 0 spiro atoms. The van der Waals surface area contributed by atoms with Crippen LogP contribution in [0.5, 0.6) is 0 Å². The Balaban J connectivity index is 2.39. The summed E-state index contributed by atoms with van der Waals surface area (Å²) in [5, 5.41) is 0. The van der Waals surface area contributed by atoms with Crippen molar-refractivity contribution in [2.45, 2.75) is 38.1 Å². The maximum Gasteiger partial charge on any atom is 0.243 e. The molecule has 1 aromatic rings. The van der Waals surface area contributed by atoms with Gasteiger partial charge in [-0.3, -0.25) is 0 Å². The van der Waals surface area contributed by atoms with Crippen molar-refractivity contribution in [1.29, 1.82) is 0 Å². The Morgan fingerprint density at radius 1 is 1.26 bits per heavy atom. The van der Waals surface area contributed by atoms with Crippen molar-refractivity contribution >= 4 is 10.0 Å². The number of benzene rings is 1. The summed E-state index contributed by atoms with van der Waals surface area (Å²) in [6.45, 7) is 6.76. The second-order valence-electron chi connectivity index (χ2n) is 5.69. The highest BCUT2D eigenvalue weighted by Crippen LogP contribution is 2.25. The Kier molecular flexibility index (Phi) is 3.99. The summed E-state index contributed by atoms with van der Waals surface area (Å²) in [6, 6.07) is 5.47. The average molecular weight is 282 g/mol. The van der Waals surface area contributed by atoms with Crippen molar-refractivity contribution in [3.63, 3.8) is 0 Å². The zero-order chi connectivity index (χ0) is 14.2. The molecule has 1 aromatic carbocycles. The fourth-order valence-electron chi connectivity index (χ4n) is 2.67. The Bertz CT molecular complexity index is 559. The first-order valence-electron chi connectivity index (χ1n) is 6.63. The maximum atomic E-state index is 12.7. The summed E-state index contributed by atoms with van der Waals surface area (Å²) in [7, 11) is -3.43. The normalized spacial score (nSPS) is 25.5. The minimum absolute atomic E-state index is 0.0661. The van der Waals surface area contributed by atoms with E-state index in [4.69, 9.17) is 5.73 Å². The molecule has 0 radical (unpaired) electrons. The topological polar surface area (TPSA) is 63.4 Å². The molecule has 0 aromatic heterocycles. The second-order valence-corrected chi connectivity index (χ2v) is 7.60.